The van der Waals surface area contributed by atoms with Gasteiger partial charge in [-0.1, -0.05) is 0 Å². The number of aliphatic hydroxyl groups excluding tert-OH is 1. The van der Waals surface area contributed by atoms with Crippen LogP contribution in [0.3, 0.4) is 0 Å². The quantitative estimate of drug-likeness (QED) is 0.790. The summed E-state index contributed by atoms with van der Waals surface area (Å²) in [5.74, 6) is 0.398. The van der Waals surface area contributed by atoms with E-state index in [0.717, 1.165) is 5.56 Å². The summed E-state index contributed by atoms with van der Waals surface area (Å²) in [5.41, 5.74) is 0.856. The van der Waals surface area contributed by atoms with Crippen molar-refractivity contribution in [1.82, 2.24) is 0 Å². The normalized spacial score (nSPS) is 20.8. The van der Waals surface area contributed by atoms with E-state index in [1.54, 1.807) is 6.07 Å². The second-order valence-electron chi connectivity index (χ2n) is 3.92. The van der Waals surface area contributed by atoms with Gasteiger partial charge in [-0.2, -0.15) is 0 Å². The molecule has 86 valence electrons. The molecule has 0 saturated heterocycles. The summed E-state index contributed by atoms with van der Waals surface area (Å²) in [7, 11) is 0. The Morgan fingerprint density at radius 2 is 2.44 bits per heavy atom. The van der Waals surface area contributed by atoms with E-state index < -0.39 is 6.10 Å². The van der Waals surface area contributed by atoms with Crippen LogP contribution < -0.4 is 4.74 Å². The molecule has 0 bridgehead atoms. The first kappa shape index (κ1) is 11.1. The Balaban J connectivity index is 2.11. The number of aliphatic hydroxyl groups is 1. The van der Waals surface area contributed by atoms with E-state index in [2.05, 4.69) is 11.7 Å². The Bertz CT molecular complexity index is 395. The van der Waals surface area contributed by atoms with Gasteiger partial charge in [0, 0.05) is 0 Å². The molecule has 1 aliphatic rings. The Morgan fingerprint density at radius 1 is 1.62 bits per heavy atom. The lowest BCUT2D eigenvalue weighted by Crippen LogP contribution is -2.36. The summed E-state index contributed by atoms with van der Waals surface area (Å²) in [6.07, 6.45) is 0.471. The third-order valence-electron chi connectivity index (χ3n) is 2.74. The van der Waals surface area contributed by atoms with Crippen molar-refractivity contribution in [2.45, 2.75) is 25.0 Å². The number of nitrogens with zero attached hydrogens (tertiary/aromatic N) is 1. The van der Waals surface area contributed by atoms with Crippen LogP contribution in [0.25, 0.3) is 0 Å². The van der Waals surface area contributed by atoms with Gasteiger partial charge in [-0.3, -0.25) is 4.99 Å². The first-order chi connectivity index (χ1) is 7.70. The van der Waals surface area contributed by atoms with Crippen molar-refractivity contribution in [1.29, 1.82) is 0 Å². The van der Waals surface area contributed by atoms with Crippen LogP contribution in [0, 0.1) is 5.82 Å². The van der Waals surface area contributed by atoms with Crippen LogP contribution in [0.15, 0.2) is 23.2 Å². The molecule has 0 aliphatic carbocycles. The van der Waals surface area contributed by atoms with E-state index >= 15 is 0 Å². The maximum Gasteiger partial charge on any atom is 0.127 e. The smallest absolute Gasteiger partial charge is 0.127 e. The van der Waals surface area contributed by atoms with Gasteiger partial charge < -0.3 is 9.84 Å². The van der Waals surface area contributed by atoms with E-state index in [-0.39, 0.29) is 18.5 Å². The maximum absolute atomic E-state index is 12.9. The topological polar surface area (TPSA) is 41.8 Å². The fourth-order valence-electron chi connectivity index (χ4n) is 1.90. The monoisotopic (exact) mass is 223 g/mol. The van der Waals surface area contributed by atoms with Crippen molar-refractivity contribution in [2.75, 3.05) is 6.54 Å². The molecule has 0 fully saturated rings. The number of halogens is 1. The first-order valence-electron chi connectivity index (χ1n) is 5.26. The minimum absolute atomic E-state index is 0.255. The van der Waals surface area contributed by atoms with Gasteiger partial charge in [-0.15, -0.1) is 0 Å². The van der Waals surface area contributed by atoms with Crippen LogP contribution in [0.5, 0.6) is 5.75 Å². The number of aliphatic imine (C=N–C) groups is 1. The highest BCUT2D eigenvalue weighted by Gasteiger charge is 2.26. The molecule has 16 heavy (non-hydrogen) atoms. The fourth-order valence-corrected chi connectivity index (χ4v) is 1.90. The van der Waals surface area contributed by atoms with Gasteiger partial charge in [-0.05, 0) is 43.3 Å². The molecule has 0 spiro atoms. The minimum atomic E-state index is -0.643. The molecular formula is C12H14FNO2. The van der Waals surface area contributed by atoms with Crippen LogP contribution in [0.2, 0.25) is 0 Å². The van der Waals surface area contributed by atoms with Crippen molar-refractivity contribution >= 4 is 6.72 Å². The van der Waals surface area contributed by atoms with Crippen molar-refractivity contribution in [3.63, 3.8) is 0 Å². The summed E-state index contributed by atoms with van der Waals surface area (Å²) in [4.78, 5) is 3.64. The minimum Gasteiger partial charge on any atom is -0.487 e. The Labute approximate surface area is 93.6 Å². The molecule has 1 heterocycles. The molecule has 2 rings (SSSR count). The van der Waals surface area contributed by atoms with Crippen LogP contribution in [-0.2, 0) is 6.42 Å². The number of ether oxygens (including phenoxy) is 1. The largest absolute Gasteiger partial charge is 0.487 e. The molecule has 4 heteroatoms. The molecule has 1 aromatic carbocycles. The van der Waals surface area contributed by atoms with E-state index in [4.69, 9.17) is 4.74 Å². The van der Waals surface area contributed by atoms with Crippen molar-refractivity contribution in [3.05, 3.63) is 29.6 Å². The van der Waals surface area contributed by atoms with E-state index in [1.807, 2.05) is 0 Å². The predicted octanol–water partition coefficient (Wildman–Crippen LogP) is 1.58. The van der Waals surface area contributed by atoms with Gasteiger partial charge >= 0.3 is 0 Å². The Kier molecular flexibility index (Phi) is 3.19. The average Bonchev–Trinajstić information content (AvgIpc) is 2.28. The van der Waals surface area contributed by atoms with Gasteiger partial charge in [0.05, 0.1) is 6.54 Å². The van der Waals surface area contributed by atoms with Gasteiger partial charge in [0.2, 0.25) is 0 Å². The zero-order valence-corrected chi connectivity index (χ0v) is 8.90. The average molecular weight is 223 g/mol. The number of hydrogen-bond donors (Lipinski definition) is 1. The zero-order chi connectivity index (χ0) is 11.5. The standard InChI is InChI=1S/C12H14FNO2/c1-14-7-10(15)12-4-2-8-6-9(13)3-5-11(8)16-12/h3,5-6,10,12,15H,1-2,4,7H2/t10-,12+/m1/s1. The van der Waals surface area contributed by atoms with Crippen molar-refractivity contribution < 1.29 is 14.2 Å². The molecular weight excluding hydrogens is 209 g/mol. The molecule has 1 aliphatic heterocycles. The van der Waals surface area contributed by atoms with Gasteiger partial charge in [-0.25, -0.2) is 4.39 Å². The van der Waals surface area contributed by atoms with E-state index in [9.17, 15) is 9.50 Å². The first-order valence-corrected chi connectivity index (χ1v) is 5.26. The van der Waals surface area contributed by atoms with Crippen LogP contribution in [-0.4, -0.2) is 30.6 Å². The Hall–Kier alpha value is -1.42. The second-order valence-corrected chi connectivity index (χ2v) is 3.92. The van der Waals surface area contributed by atoms with Crippen molar-refractivity contribution in [3.8, 4) is 5.75 Å². The fraction of sp³-hybridized carbons (Fsp3) is 0.417. The van der Waals surface area contributed by atoms with Gasteiger partial charge in [0.15, 0.2) is 0 Å². The van der Waals surface area contributed by atoms with E-state index in [0.29, 0.717) is 18.6 Å². The van der Waals surface area contributed by atoms with Crippen LogP contribution in [0.4, 0.5) is 4.39 Å². The number of hydrogen-bond acceptors (Lipinski definition) is 3. The predicted molar refractivity (Wildman–Crippen MR) is 59.6 cm³/mol. The molecule has 0 unspecified atom stereocenters. The lowest BCUT2D eigenvalue weighted by molar-refractivity contribution is 0.0300. The lowest BCUT2D eigenvalue weighted by atomic mass is 9.99. The van der Waals surface area contributed by atoms with Crippen LogP contribution >= 0.6 is 0 Å². The highest BCUT2D eigenvalue weighted by atomic mass is 19.1. The molecule has 1 N–H and O–H groups in total. The van der Waals surface area contributed by atoms with Gasteiger partial charge in [0.1, 0.15) is 23.8 Å². The summed E-state index contributed by atoms with van der Waals surface area (Å²) in [5, 5.41) is 9.72. The van der Waals surface area contributed by atoms with E-state index in [1.165, 1.54) is 12.1 Å². The second kappa shape index (κ2) is 4.61. The molecule has 1 aromatic rings. The SMILES string of the molecule is C=NC[C@@H](O)[C@@H]1CCc2cc(F)ccc2O1. The summed E-state index contributed by atoms with van der Waals surface area (Å²) in [6, 6.07) is 4.44. The molecule has 0 saturated carbocycles. The zero-order valence-electron chi connectivity index (χ0n) is 8.90. The molecule has 0 amide bonds. The molecule has 0 aromatic heterocycles. The van der Waals surface area contributed by atoms with Gasteiger partial charge in [0.25, 0.3) is 0 Å². The lowest BCUT2D eigenvalue weighted by Gasteiger charge is -2.28. The highest BCUT2D eigenvalue weighted by Crippen LogP contribution is 2.29. The van der Waals surface area contributed by atoms with Crippen LogP contribution in [0.1, 0.15) is 12.0 Å². The molecule has 3 nitrogen and oxygen atoms in total. The third-order valence-corrected chi connectivity index (χ3v) is 2.74. The number of aryl methyl sites for hydroxylation is 1. The number of benzene rings is 1. The third kappa shape index (κ3) is 2.22. The molecule has 2 atom stereocenters. The summed E-state index contributed by atoms with van der Waals surface area (Å²) < 4.78 is 18.5. The Morgan fingerprint density at radius 3 is 3.19 bits per heavy atom. The number of fused-ring (bicyclic) bond motifs is 1. The molecule has 0 radical (unpaired) electrons. The maximum atomic E-state index is 12.9. The summed E-state index contributed by atoms with van der Waals surface area (Å²) in [6.45, 7) is 3.60. The van der Waals surface area contributed by atoms with Crippen molar-refractivity contribution in [2.24, 2.45) is 4.99 Å². The summed E-state index contributed by atoms with van der Waals surface area (Å²) >= 11 is 0. The number of rotatable bonds is 3. The highest BCUT2D eigenvalue weighted by molar-refractivity contribution is 5.36.